The summed E-state index contributed by atoms with van der Waals surface area (Å²) in [6.45, 7) is 4.63. The van der Waals surface area contributed by atoms with E-state index in [1.807, 2.05) is 0 Å². The van der Waals surface area contributed by atoms with Gasteiger partial charge in [0.2, 0.25) is 10.0 Å². The summed E-state index contributed by atoms with van der Waals surface area (Å²) in [5.41, 5.74) is -1.02. The van der Waals surface area contributed by atoms with E-state index in [-0.39, 0.29) is 22.7 Å². The van der Waals surface area contributed by atoms with Gasteiger partial charge in [-0.3, -0.25) is 10.1 Å². The van der Waals surface area contributed by atoms with Crippen molar-refractivity contribution in [1.82, 2.24) is 4.72 Å². The number of aliphatic hydroxyl groups is 1. The zero-order valence-corrected chi connectivity index (χ0v) is 12.4. The molecule has 0 aromatic heterocycles. The molecule has 2 N–H and O–H groups in total. The number of benzene rings is 1. The Labute approximate surface area is 117 Å². The molecule has 0 fully saturated rings. The number of nitrogens with one attached hydrogen (secondary N) is 1. The summed E-state index contributed by atoms with van der Waals surface area (Å²) in [7, 11) is -3.81. The van der Waals surface area contributed by atoms with E-state index in [0.29, 0.717) is 6.42 Å². The fourth-order valence-corrected chi connectivity index (χ4v) is 2.89. The lowest BCUT2D eigenvalue weighted by Gasteiger charge is -2.21. The summed E-state index contributed by atoms with van der Waals surface area (Å²) in [6.07, 6.45) is 0.398. The third-order valence-electron chi connectivity index (χ3n) is 3.06. The van der Waals surface area contributed by atoms with Crippen LogP contribution >= 0.6 is 0 Å². The summed E-state index contributed by atoms with van der Waals surface area (Å²) in [6, 6.07) is 3.53. The Morgan fingerprint density at radius 2 is 2.05 bits per heavy atom. The van der Waals surface area contributed by atoms with Crippen molar-refractivity contribution in [2.45, 2.75) is 37.7 Å². The molecule has 20 heavy (non-hydrogen) atoms. The normalized spacial score (nSPS) is 14.8. The number of aryl methyl sites for hydroxylation is 1. The second-order valence-electron chi connectivity index (χ2n) is 4.88. The minimum Gasteiger partial charge on any atom is -0.389 e. The SMILES string of the molecule is CCC(C)(O)CNS(=O)(=O)c1ccc([N+](=O)[O-])cc1C. The van der Waals surface area contributed by atoms with E-state index in [1.165, 1.54) is 26.0 Å². The minimum absolute atomic E-state index is 0.0324. The highest BCUT2D eigenvalue weighted by Gasteiger charge is 2.24. The first-order valence-electron chi connectivity index (χ1n) is 6.06. The number of nitro benzene ring substituents is 1. The van der Waals surface area contributed by atoms with Gasteiger partial charge in [0.1, 0.15) is 0 Å². The second kappa shape index (κ2) is 5.86. The van der Waals surface area contributed by atoms with Gasteiger partial charge >= 0.3 is 0 Å². The van der Waals surface area contributed by atoms with E-state index in [1.54, 1.807) is 6.92 Å². The summed E-state index contributed by atoms with van der Waals surface area (Å²) >= 11 is 0. The van der Waals surface area contributed by atoms with Gasteiger partial charge < -0.3 is 5.11 Å². The number of nitrogens with zero attached hydrogens (tertiary/aromatic N) is 1. The molecule has 0 radical (unpaired) electrons. The van der Waals surface area contributed by atoms with Gasteiger partial charge in [-0.2, -0.15) is 0 Å². The van der Waals surface area contributed by atoms with Crippen molar-refractivity contribution in [1.29, 1.82) is 0 Å². The van der Waals surface area contributed by atoms with E-state index in [0.717, 1.165) is 6.07 Å². The molecule has 0 aliphatic carbocycles. The fourth-order valence-electron chi connectivity index (χ4n) is 1.50. The molecule has 0 heterocycles. The Morgan fingerprint density at radius 3 is 2.50 bits per heavy atom. The summed E-state index contributed by atoms with van der Waals surface area (Å²) < 4.78 is 26.5. The number of rotatable bonds is 6. The molecule has 0 amide bonds. The second-order valence-corrected chi connectivity index (χ2v) is 6.62. The lowest BCUT2D eigenvalue weighted by atomic mass is 10.1. The largest absolute Gasteiger partial charge is 0.389 e. The summed E-state index contributed by atoms with van der Waals surface area (Å²) in [5, 5.41) is 20.4. The molecule has 1 aromatic rings. The van der Waals surface area contributed by atoms with Crippen molar-refractivity contribution in [3.05, 3.63) is 33.9 Å². The standard InChI is InChI=1S/C12H18N2O5S/c1-4-12(3,15)8-13-20(18,19)11-6-5-10(14(16)17)7-9(11)2/h5-7,13,15H,4,8H2,1-3H3. The van der Waals surface area contributed by atoms with Crippen molar-refractivity contribution in [3.8, 4) is 0 Å². The van der Waals surface area contributed by atoms with Gasteiger partial charge in [-0.05, 0) is 31.9 Å². The Kier molecular flexibility index (Phi) is 4.85. The fraction of sp³-hybridized carbons (Fsp3) is 0.500. The molecule has 0 bridgehead atoms. The van der Waals surface area contributed by atoms with Crippen LogP contribution in [0, 0.1) is 17.0 Å². The van der Waals surface area contributed by atoms with Crippen molar-refractivity contribution >= 4 is 15.7 Å². The van der Waals surface area contributed by atoms with E-state index >= 15 is 0 Å². The number of hydrogen-bond donors (Lipinski definition) is 2. The van der Waals surface area contributed by atoms with Gasteiger partial charge in [-0.15, -0.1) is 0 Å². The summed E-state index contributed by atoms with van der Waals surface area (Å²) in [5.74, 6) is 0. The van der Waals surface area contributed by atoms with Crippen LogP contribution < -0.4 is 4.72 Å². The minimum atomic E-state index is -3.81. The number of non-ortho nitro benzene ring substituents is 1. The maximum absolute atomic E-state index is 12.1. The van der Waals surface area contributed by atoms with E-state index in [9.17, 15) is 23.6 Å². The predicted octanol–water partition coefficient (Wildman–Crippen LogP) is 1.34. The van der Waals surface area contributed by atoms with Crippen molar-refractivity contribution in [2.75, 3.05) is 6.54 Å². The van der Waals surface area contributed by atoms with E-state index in [4.69, 9.17) is 0 Å². The van der Waals surface area contributed by atoms with Gasteiger partial charge in [-0.25, -0.2) is 13.1 Å². The number of hydrogen-bond acceptors (Lipinski definition) is 5. The maximum atomic E-state index is 12.1. The molecule has 1 atom stereocenters. The van der Waals surface area contributed by atoms with Crippen LogP contribution in [0.1, 0.15) is 25.8 Å². The van der Waals surface area contributed by atoms with Crippen molar-refractivity contribution in [3.63, 3.8) is 0 Å². The summed E-state index contributed by atoms with van der Waals surface area (Å²) in [4.78, 5) is 10.0. The smallest absolute Gasteiger partial charge is 0.269 e. The van der Waals surface area contributed by atoms with Crippen molar-refractivity contribution in [2.24, 2.45) is 0 Å². The number of sulfonamides is 1. The molecular weight excluding hydrogens is 284 g/mol. The van der Waals surface area contributed by atoms with Crippen LogP contribution in [0.3, 0.4) is 0 Å². The van der Waals surface area contributed by atoms with E-state index < -0.39 is 20.5 Å². The van der Waals surface area contributed by atoms with Crippen LogP contribution in [0.25, 0.3) is 0 Å². The van der Waals surface area contributed by atoms with Crippen molar-refractivity contribution < 1.29 is 18.4 Å². The highest BCUT2D eigenvalue weighted by molar-refractivity contribution is 7.89. The van der Waals surface area contributed by atoms with Gasteiger partial charge in [0.05, 0.1) is 15.4 Å². The van der Waals surface area contributed by atoms with Gasteiger partial charge in [0.25, 0.3) is 5.69 Å². The van der Waals surface area contributed by atoms with Crippen LogP contribution in [0.2, 0.25) is 0 Å². The predicted molar refractivity (Wildman–Crippen MR) is 73.9 cm³/mol. The third kappa shape index (κ3) is 3.99. The average Bonchev–Trinajstić information content (AvgIpc) is 2.36. The monoisotopic (exact) mass is 302 g/mol. The van der Waals surface area contributed by atoms with Crippen LogP contribution in [-0.2, 0) is 10.0 Å². The molecule has 0 spiro atoms. The highest BCUT2D eigenvalue weighted by atomic mass is 32.2. The first-order chi connectivity index (χ1) is 9.09. The topological polar surface area (TPSA) is 110 Å². The molecular formula is C12H18N2O5S. The molecule has 1 unspecified atom stereocenters. The van der Waals surface area contributed by atoms with Gasteiger partial charge in [0.15, 0.2) is 0 Å². The first kappa shape index (κ1) is 16.5. The number of nitro groups is 1. The molecule has 112 valence electrons. The quantitative estimate of drug-likeness (QED) is 0.608. The lowest BCUT2D eigenvalue weighted by Crippen LogP contribution is -2.40. The van der Waals surface area contributed by atoms with Crippen LogP contribution in [0.5, 0.6) is 0 Å². The maximum Gasteiger partial charge on any atom is 0.269 e. The molecule has 0 saturated carbocycles. The molecule has 1 rings (SSSR count). The molecule has 0 saturated heterocycles. The van der Waals surface area contributed by atoms with Crippen LogP contribution in [0.4, 0.5) is 5.69 Å². The zero-order chi connectivity index (χ0) is 15.6. The highest BCUT2D eigenvalue weighted by Crippen LogP contribution is 2.21. The molecule has 0 aliphatic rings. The zero-order valence-electron chi connectivity index (χ0n) is 11.6. The Hall–Kier alpha value is -1.51. The molecule has 8 heteroatoms. The molecule has 1 aromatic carbocycles. The van der Waals surface area contributed by atoms with E-state index in [2.05, 4.69) is 4.72 Å². The van der Waals surface area contributed by atoms with Crippen LogP contribution in [0.15, 0.2) is 23.1 Å². The van der Waals surface area contributed by atoms with Gasteiger partial charge in [-0.1, -0.05) is 6.92 Å². The Morgan fingerprint density at radius 1 is 1.45 bits per heavy atom. The first-order valence-corrected chi connectivity index (χ1v) is 7.54. The molecule has 0 aliphatic heterocycles. The Balaban J connectivity index is 3.02. The Bertz CT molecular complexity index is 610. The average molecular weight is 302 g/mol. The van der Waals surface area contributed by atoms with Gasteiger partial charge in [0, 0.05) is 18.7 Å². The lowest BCUT2D eigenvalue weighted by molar-refractivity contribution is -0.385. The third-order valence-corrected chi connectivity index (χ3v) is 4.63. The van der Waals surface area contributed by atoms with Crippen LogP contribution in [-0.4, -0.2) is 30.6 Å². The molecule has 7 nitrogen and oxygen atoms in total.